The molecule has 1 aromatic carbocycles. The van der Waals surface area contributed by atoms with Crippen molar-refractivity contribution < 1.29 is 19.4 Å². The first-order valence-corrected chi connectivity index (χ1v) is 6.88. The Labute approximate surface area is 127 Å². The molecule has 0 fully saturated rings. The van der Waals surface area contributed by atoms with Crippen LogP contribution < -0.4 is 9.47 Å². The van der Waals surface area contributed by atoms with Crippen LogP contribution in [0.1, 0.15) is 19.4 Å². The highest BCUT2D eigenvalue weighted by Crippen LogP contribution is 2.34. The van der Waals surface area contributed by atoms with E-state index in [0.29, 0.717) is 18.0 Å². The summed E-state index contributed by atoms with van der Waals surface area (Å²) >= 11 is 3.40. The van der Waals surface area contributed by atoms with Crippen molar-refractivity contribution in [1.82, 2.24) is 4.90 Å². The molecule has 0 amide bonds. The van der Waals surface area contributed by atoms with Crippen molar-refractivity contribution in [2.45, 2.75) is 25.9 Å². The van der Waals surface area contributed by atoms with E-state index in [0.717, 1.165) is 10.0 Å². The predicted molar refractivity (Wildman–Crippen MR) is 80.4 cm³/mol. The second kappa shape index (κ2) is 6.45. The van der Waals surface area contributed by atoms with Crippen LogP contribution in [-0.2, 0) is 11.3 Å². The normalized spacial score (nSPS) is 11.6. The van der Waals surface area contributed by atoms with Gasteiger partial charge in [-0.1, -0.05) is 0 Å². The number of benzene rings is 1. The largest absolute Gasteiger partial charge is 0.496 e. The Bertz CT molecular complexity index is 502. The zero-order chi connectivity index (χ0) is 15.5. The number of hydrogen-bond donors (Lipinski definition) is 1. The molecule has 0 aliphatic rings. The molecule has 0 heterocycles. The number of likely N-dealkylation sites (N-methyl/N-ethyl adjacent to an activating group) is 1. The zero-order valence-corrected chi connectivity index (χ0v) is 13.9. The fourth-order valence-electron chi connectivity index (χ4n) is 1.66. The van der Waals surface area contributed by atoms with Crippen LogP contribution in [0.4, 0.5) is 0 Å². The summed E-state index contributed by atoms with van der Waals surface area (Å²) in [4.78, 5) is 13.0. The summed E-state index contributed by atoms with van der Waals surface area (Å²) in [6.07, 6.45) is 0. The molecule has 0 saturated heterocycles. The Hall–Kier alpha value is -1.27. The van der Waals surface area contributed by atoms with Gasteiger partial charge in [-0.25, -0.2) is 0 Å². The Kier molecular flexibility index (Phi) is 5.42. The summed E-state index contributed by atoms with van der Waals surface area (Å²) in [5.41, 5.74) is -0.102. The molecule has 1 rings (SSSR count). The van der Waals surface area contributed by atoms with E-state index in [1.807, 2.05) is 12.1 Å². The van der Waals surface area contributed by atoms with Crippen LogP contribution >= 0.6 is 15.9 Å². The average molecular weight is 346 g/mol. The van der Waals surface area contributed by atoms with Gasteiger partial charge in [-0.2, -0.15) is 0 Å². The first-order chi connectivity index (χ1) is 9.23. The van der Waals surface area contributed by atoms with E-state index >= 15 is 0 Å². The average Bonchev–Trinajstić information content (AvgIpc) is 2.39. The molecule has 0 aliphatic carbocycles. The van der Waals surface area contributed by atoms with Crippen molar-refractivity contribution in [3.63, 3.8) is 0 Å². The molecule has 0 aromatic heterocycles. The minimum Gasteiger partial charge on any atom is -0.496 e. The fraction of sp³-hybridized carbons (Fsp3) is 0.500. The molecule has 1 aromatic rings. The van der Waals surface area contributed by atoms with Gasteiger partial charge in [0, 0.05) is 12.1 Å². The molecule has 0 saturated carbocycles. The van der Waals surface area contributed by atoms with Gasteiger partial charge in [-0.15, -0.1) is 0 Å². The van der Waals surface area contributed by atoms with Gasteiger partial charge in [0.1, 0.15) is 17.0 Å². The maximum atomic E-state index is 11.3. The highest BCUT2D eigenvalue weighted by Gasteiger charge is 2.32. The van der Waals surface area contributed by atoms with E-state index in [2.05, 4.69) is 15.9 Å². The Morgan fingerprint density at radius 2 is 1.85 bits per heavy atom. The van der Waals surface area contributed by atoms with Gasteiger partial charge >= 0.3 is 5.97 Å². The van der Waals surface area contributed by atoms with E-state index in [4.69, 9.17) is 9.47 Å². The summed E-state index contributed by atoms with van der Waals surface area (Å²) in [7, 11) is 4.93. The summed E-state index contributed by atoms with van der Waals surface area (Å²) in [5.74, 6) is 0.496. The molecule has 20 heavy (non-hydrogen) atoms. The number of rotatable bonds is 6. The molecular weight excluding hydrogens is 326 g/mol. The molecule has 0 unspecified atom stereocenters. The third-order valence-electron chi connectivity index (χ3n) is 3.44. The lowest BCUT2D eigenvalue weighted by Gasteiger charge is -2.32. The quantitative estimate of drug-likeness (QED) is 0.858. The Morgan fingerprint density at radius 3 is 2.30 bits per heavy atom. The standard InChI is InChI=1S/C14H20BrNO4/c1-14(2,13(17)18)16(3)8-9-6-12(20-5)10(15)7-11(9)19-4/h6-7H,8H2,1-5H3,(H,17,18). The van der Waals surface area contributed by atoms with E-state index in [9.17, 15) is 9.90 Å². The monoisotopic (exact) mass is 345 g/mol. The molecule has 1 N–H and O–H groups in total. The third kappa shape index (κ3) is 3.43. The van der Waals surface area contributed by atoms with Gasteiger partial charge in [-0.3, -0.25) is 9.69 Å². The fourth-order valence-corrected chi connectivity index (χ4v) is 2.15. The molecule has 112 valence electrons. The van der Waals surface area contributed by atoms with E-state index < -0.39 is 11.5 Å². The van der Waals surface area contributed by atoms with Gasteiger partial charge in [0.05, 0.1) is 18.7 Å². The van der Waals surface area contributed by atoms with Crippen molar-refractivity contribution in [2.24, 2.45) is 0 Å². The van der Waals surface area contributed by atoms with Crippen LogP contribution in [0.3, 0.4) is 0 Å². The van der Waals surface area contributed by atoms with Gasteiger partial charge in [0.2, 0.25) is 0 Å². The molecule has 0 bridgehead atoms. The molecule has 0 spiro atoms. The zero-order valence-electron chi connectivity index (χ0n) is 12.4. The van der Waals surface area contributed by atoms with Crippen molar-refractivity contribution in [2.75, 3.05) is 21.3 Å². The minimum absolute atomic E-state index is 0.437. The Morgan fingerprint density at radius 1 is 1.30 bits per heavy atom. The number of methoxy groups -OCH3 is 2. The minimum atomic E-state index is -0.967. The molecule has 0 atom stereocenters. The van der Waals surface area contributed by atoms with E-state index in [1.54, 1.807) is 40.0 Å². The number of ether oxygens (including phenoxy) is 2. The van der Waals surface area contributed by atoms with Gasteiger partial charge in [0.15, 0.2) is 0 Å². The van der Waals surface area contributed by atoms with Crippen LogP contribution in [0.25, 0.3) is 0 Å². The number of carbonyl (C=O) groups is 1. The predicted octanol–water partition coefficient (Wildman–Crippen LogP) is 2.76. The number of aliphatic carboxylic acids is 1. The number of carboxylic acid groups (broad SMARTS) is 1. The summed E-state index contributed by atoms with van der Waals surface area (Å²) in [6, 6.07) is 3.66. The van der Waals surface area contributed by atoms with Crippen molar-refractivity contribution in [3.8, 4) is 11.5 Å². The van der Waals surface area contributed by atoms with Crippen LogP contribution in [0, 0.1) is 0 Å². The highest BCUT2D eigenvalue weighted by molar-refractivity contribution is 9.10. The topological polar surface area (TPSA) is 59.0 Å². The van der Waals surface area contributed by atoms with Gasteiger partial charge < -0.3 is 14.6 Å². The number of carboxylic acids is 1. The molecule has 6 heteroatoms. The number of hydrogen-bond acceptors (Lipinski definition) is 4. The van der Waals surface area contributed by atoms with E-state index in [-0.39, 0.29) is 0 Å². The van der Waals surface area contributed by atoms with Crippen LogP contribution in [0.15, 0.2) is 16.6 Å². The number of nitrogens with zero attached hydrogens (tertiary/aromatic N) is 1. The van der Waals surface area contributed by atoms with Gasteiger partial charge in [-0.05, 0) is 49.0 Å². The maximum absolute atomic E-state index is 11.3. The second-order valence-corrected chi connectivity index (χ2v) is 5.87. The molecule has 5 nitrogen and oxygen atoms in total. The first kappa shape index (κ1) is 16.8. The highest BCUT2D eigenvalue weighted by atomic mass is 79.9. The van der Waals surface area contributed by atoms with Crippen molar-refractivity contribution in [1.29, 1.82) is 0 Å². The van der Waals surface area contributed by atoms with Gasteiger partial charge in [0.25, 0.3) is 0 Å². The lowest BCUT2D eigenvalue weighted by molar-refractivity contribution is -0.148. The molecule has 0 radical (unpaired) electrons. The van der Waals surface area contributed by atoms with Crippen LogP contribution in [0.5, 0.6) is 11.5 Å². The second-order valence-electron chi connectivity index (χ2n) is 5.02. The SMILES string of the molecule is COc1cc(CN(C)C(C)(C)C(=O)O)c(OC)cc1Br. The smallest absolute Gasteiger partial charge is 0.323 e. The van der Waals surface area contributed by atoms with Crippen molar-refractivity contribution >= 4 is 21.9 Å². The molecular formula is C14H20BrNO4. The summed E-state index contributed by atoms with van der Waals surface area (Å²) < 4.78 is 11.4. The lowest BCUT2D eigenvalue weighted by Crippen LogP contribution is -2.47. The molecule has 0 aliphatic heterocycles. The first-order valence-electron chi connectivity index (χ1n) is 6.09. The van der Waals surface area contributed by atoms with Crippen LogP contribution in [-0.4, -0.2) is 42.8 Å². The summed E-state index contributed by atoms with van der Waals surface area (Å²) in [5, 5.41) is 9.26. The third-order valence-corrected chi connectivity index (χ3v) is 4.06. The van der Waals surface area contributed by atoms with E-state index in [1.165, 1.54) is 0 Å². The Balaban J connectivity index is 3.11. The van der Waals surface area contributed by atoms with Crippen LogP contribution in [0.2, 0.25) is 0 Å². The van der Waals surface area contributed by atoms with Crippen molar-refractivity contribution in [3.05, 3.63) is 22.2 Å². The summed E-state index contributed by atoms with van der Waals surface area (Å²) in [6.45, 7) is 3.77. The maximum Gasteiger partial charge on any atom is 0.323 e. The number of halogens is 1. The lowest BCUT2D eigenvalue weighted by atomic mass is 10.0.